The number of aryl methyl sites for hydroxylation is 2. The zero-order valence-corrected chi connectivity index (χ0v) is 12.4. The molecule has 0 aromatic heterocycles. The number of hydrogen-bond donors (Lipinski definition) is 1. The molecule has 0 bridgehead atoms. The van der Waals surface area contributed by atoms with E-state index in [2.05, 4.69) is 62.4 Å². The van der Waals surface area contributed by atoms with E-state index in [-0.39, 0.29) is 0 Å². The fraction of sp³-hybridized carbons (Fsp3) is 0.625. The van der Waals surface area contributed by atoms with Crippen LogP contribution in [0.2, 0.25) is 0 Å². The molecule has 1 rings (SSSR count). The Hall–Kier alpha value is -0.860. The maximum absolute atomic E-state index is 3.60. The summed E-state index contributed by atoms with van der Waals surface area (Å²) in [5.74, 6) is 0. The smallest absolute Gasteiger partial charge is 0.00419 e. The van der Waals surface area contributed by atoms with Gasteiger partial charge in [-0.05, 0) is 65.9 Å². The second-order valence-corrected chi connectivity index (χ2v) is 5.54. The Morgan fingerprint density at radius 1 is 1.28 bits per heavy atom. The summed E-state index contributed by atoms with van der Waals surface area (Å²) < 4.78 is 0. The van der Waals surface area contributed by atoms with E-state index in [0.29, 0.717) is 6.04 Å². The summed E-state index contributed by atoms with van der Waals surface area (Å²) in [5.41, 5.74) is 2.82. The monoisotopic (exact) mass is 248 g/mol. The molecule has 0 radical (unpaired) electrons. The lowest BCUT2D eigenvalue weighted by molar-refractivity contribution is 0.385. The van der Waals surface area contributed by atoms with Gasteiger partial charge in [-0.15, -0.1) is 0 Å². The number of nitrogens with one attached hydrogen (secondary N) is 1. The Morgan fingerprint density at radius 2 is 2.06 bits per heavy atom. The highest BCUT2D eigenvalue weighted by atomic mass is 15.1. The van der Waals surface area contributed by atoms with Crippen molar-refractivity contribution < 1.29 is 0 Å². The van der Waals surface area contributed by atoms with Gasteiger partial charge in [-0.3, -0.25) is 0 Å². The summed E-state index contributed by atoms with van der Waals surface area (Å²) >= 11 is 0. The van der Waals surface area contributed by atoms with Gasteiger partial charge in [0.25, 0.3) is 0 Å². The van der Waals surface area contributed by atoms with Crippen LogP contribution in [-0.4, -0.2) is 38.1 Å². The summed E-state index contributed by atoms with van der Waals surface area (Å²) in [6, 6.07) is 9.43. The Labute approximate surface area is 112 Å². The molecule has 0 aliphatic heterocycles. The average molecular weight is 248 g/mol. The van der Waals surface area contributed by atoms with E-state index in [9.17, 15) is 0 Å². The van der Waals surface area contributed by atoms with E-state index < -0.39 is 0 Å². The van der Waals surface area contributed by atoms with Crippen molar-refractivity contribution in [3.63, 3.8) is 0 Å². The topological polar surface area (TPSA) is 15.3 Å². The molecule has 0 saturated carbocycles. The summed E-state index contributed by atoms with van der Waals surface area (Å²) in [6.45, 7) is 6.72. The molecule has 0 heterocycles. The predicted molar refractivity (Wildman–Crippen MR) is 80.1 cm³/mol. The SMILES string of the molecule is Cc1cccc(CCC(C)NCCCN(C)C)c1. The summed E-state index contributed by atoms with van der Waals surface area (Å²) in [5, 5.41) is 3.60. The van der Waals surface area contributed by atoms with Gasteiger partial charge in [0, 0.05) is 6.04 Å². The molecular weight excluding hydrogens is 220 g/mol. The second-order valence-electron chi connectivity index (χ2n) is 5.54. The zero-order valence-electron chi connectivity index (χ0n) is 12.4. The molecule has 0 amide bonds. The molecule has 18 heavy (non-hydrogen) atoms. The fourth-order valence-corrected chi connectivity index (χ4v) is 2.10. The van der Waals surface area contributed by atoms with E-state index in [1.807, 2.05) is 0 Å². The molecule has 0 saturated heterocycles. The minimum atomic E-state index is 0.604. The third-order valence-corrected chi connectivity index (χ3v) is 3.22. The van der Waals surface area contributed by atoms with Crippen LogP contribution in [0.3, 0.4) is 0 Å². The molecule has 1 atom stereocenters. The van der Waals surface area contributed by atoms with Crippen molar-refractivity contribution >= 4 is 0 Å². The Kier molecular flexibility index (Phi) is 6.99. The van der Waals surface area contributed by atoms with E-state index in [0.717, 1.165) is 13.1 Å². The van der Waals surface area contributed by atoms with Crippen molar-refractivity contribution in [3.05, 3.63) is 35.4 Å². The highest BCUT2D eigenvalue weighted by Crippen LogP contribution is 2.08. The molecule has 1 aromatic carbocycles. The minimum absolute atomic E-state index is 0.604. The van der Waals surface area contributed by atoms with Crippen LogP contribution >= 0.6 is 0 Å². The van der Waals surface area contributed by atoms with E-state index in [4.69, 9.17) is 0 Å². The van der Waals surface area contributed by atoms with Gasteiger partial charge in [-0.1, -0.05) is 29.8 Å². The van der Waals surface area contributed by atoms with Crippen LogP contribution in [-0.2, 0) is 6.42 Å². The van der Waals surface area contributed by atoms with Gasteiger partial charge in [0.2, 0.25) is 0 Å². The lowest BCUT2D eigenvalue weighted by atomic mass is 10.0. The average Bonchev–Trinajstić information content (AvgIpc) is 2.32. The number of hydrogen-bond acceptors (Lipinski definition) is 2. The minimum Gasteiger partial charge on any atom is -0.314 e. The van der Waals surface area contributed by atoms with Crippen molar-refractivity contribution in [2.24, 2.45) is 0 Å². The zero-order chi connectivity index (χ0) is 13.4. The molecule has 0 fully saturated rings. The number of nitrogens with zero attached hydrogens (tertiary/aromatic N) is 1. The third-order valence-electron chi connectivity index (χ3n) is 3.22. The normalized spacial score (nSPS) is 12.9. The lowest BCUT2D eigenvalue weighted by Gasteiger charge is -2.15. The summed E-state index contributed by atoms with van der Waals surface area (Å²) in [6.07, 6.45) is 3.61. The maximum Gasteiger partial charge on any atom is 0.00419 e. The number of rotatable bonds is 8. The molecule has 0 aliphatic rings. The van der Waals surface area contributed by atoms with Crippen molar-refractivity contribution in [2.75, 3.05) is 27.2 Å². The van der Waals surface area contributed by atoms with Gasteiger partial charge in [0.15, 0.2) is 0 Å². The molecule has 102 valence electrons. The Balaban J connectivity index is 2.15. The number of benzene rings is 1. The van der Waals surface area contributed by atoms with Crippen LogP contribution in [0, 0.1) is 6.92 Å². The largest absolute Gasteiger partial charge is 0.314 e. The Bertz CT molecular complexity index is 334. The van der Waals surface area contributed by atoms with Gasteiger partial charge in [-0.2, -0.15) is 0 Å². The standard InChI is InChI=1S/C16H28N2/c1-14-7-5-8-16(13-14)10-9-15(2)17-11-6-12-18(3)4/h5,7-8,13,15,17H,6,9-12H2,1-4H3. The van der Waals surface area contributed by atoms with Crippen LogP contribution in [0.25, 0.3) is 0 Å². The van der Waals surface area contributed by atoms with E-state index >= 15 is 0 Å². The quantitative estimate of drug-likeness (QED) is 0.712. The molecule has 1 unspecified atom stereocenters. The van der Waals surface area contributed by atoms with Crippen molar-refractivity contribution in [1.29, 1.82) is 0 Å². The van der Waals surface area contributed by atoms with E-state index in [1.165, 1.54) is 30.4 Å². The van der Waals surface area contributed by atoms with Gasteiger partial charge in [-0.25, -0.2) is 0 Å². The summed E-state index contributed by atoms with van der Waals surface area (Å²) in [7, 11) is 4.25. The van der Waals surface area contributed by atoms with Crippen molar-refractivity contribution in [2.45, 2.75) is 39.2 Å². The van der Waals surface area contributed by atoms with Gasteiger partial charge >= 0.3 is 0 Å². The lowest BCUT2D eigenvalue weighted by Crippen LogP contribution is -2.29. The van der Waals surface area contributed by atoms with Crippen LogP contribution in [0.1, 0.15) is 30.9 Å². The maximum atomic E-state index is 3.60. The molecule has 2 nitrogen and oxygen atoms in total. The van der Waals surface area contributed by atoms with Crippen molar-refractivity contribution in [1.82, 2.24) is 10.2 Å². The highest BCUT2D eigenvalue weighted by molar-refractivity contribution is 5.22. The molecule has 0 spiro atoms. The first-order valence-corrected chi connectivity index (χ1v) is 7.01. The van der Waals surface area contributed by atoms with Crippen LogP contribution in [0.5, 0.6) is 0 Å². The predicted octanol–water partition coefficient (Wildman–Crippen LogP) is 2.86. The molecule has 0 aliphatic carbocycles. The molecule has 1 aromatic rings. The first kappa shape index (κ1) is 15.2. The first-order chi connectivity index (χ1) is 8.58. The van der Waals surface area contributed by atoms with Crippen LogP contribution in [0.4, 0.5) is 0 Å². The second kappa shape index (κ2) is 8.28. The Morgan fingerprint density at radius 3 is 2.72 bits per heavy atom. The molecule has 2 heteroatoms. The van der Waals surface area contributed by atoms with Crippen LogP contribution in [0.15, 0.2) is 24.3 Å². The van der Waals surface area contributed by atoms with Crippen molar-refractivity contribution in [3.8, 4) is 0 Å². The van der Waals surface area contributed by atoms with Crippen LogP contribution < -0.4 is 5.32 Å². The molecule has 1 N–H and O–H groups in total. The first-order valence-electron chi connectivity index (χ1n) is 7.01. The van der Waals surface area contributed by atoms with Gasteiger partial charge in [0.05, 0.1) is 0 Å². The third kappa shape index (κ3) is 6.77. The van der Waals surface area contributed by atoms with Gasteiger partial charge in [0.1, 0.15) is 0 Å². The summed E-state index contributed by atoms with van der Waals surface area (Å²) in [4.78, 5) is 2.24. The van der Waals surface area contributed by atoms with Gasteiger partial charge < -0.3 is 10.2 Å². The fourth-order valence-electron chi connectivity index (χ4n) is 2.10. The van der Waals surface area contributed by atoms with E-state index in [1.54, 1.807) is 0 Å². The highest BCUT2D eigenvalue weighted by Gasteiger charge is 2.02. The molecular formula is C16H28N2.